The first-order chi connectivity index (χ1) is 10.1. The minimum absolute atomic E-state index is 0.0413. The van der Waals surface area contributed by atoms with Crippen LogP contribution in [0.2, 0.25) is 0 Å². The molecular weight excluding hydrogens is 274 g/mol. The van der Waals surface area contributed by atoms with Crippen molar-refractivity contribution in [3.05, 3.63) is 47.9 Å². The molecule has 0 spiro atoms. The van der Waals surface area contributed by atoms with E-state index in [0.29, 0.717) is 11.3 Å². The van der Waals surface area contributed by atoms with Crippen molar-refractivity contribution in [1.82, 2.24) is 9.97 Å². The van der Waals surface area contributed by atoms with Gasteiger partial charge in [0.05, 0.1) is 13.5 Å². The zero-order valence-electron chi connectivity index (χ0n) is 11.2. The summed E-state index contributed by atoms with van der Waals surface area (Å²) in [5.74, 6) is -1.15. The molecule has 7 heteroatoms. The number of para-hydroxylation sites is 1. The second kappa shape index (κ2) is 6.47. The molecule has 1 aromatic carbocycles. The molecule has 0 aliphatic rings. The molecule has 0 radical (unpaired) electrons. The van der Waals surface area contributed by atoms with E-state index in [1.54, 1.807) is 24.3 Å². The number of benzene rings is 1. The highest BCUT2D eigenvalue weighted by Gasteiger charge is 2.16. The van der Waals surface area contributed by atoms with Gasteiger partial charge in [0.25, 0.3) is 0 Å². The molecule has 1 heterocycles. The molecule has 0 saturated heterocycles. The maximum absolute atomic E-state index is 12.0. The van der Waals surface area contributed by atoms with Gasteiger partial charge in [0.15, 0.2) is 11.5 Å². The number of carbonyl (C=O) groups is 2. The van der Waals surface area contributed by atoms with Crippen LogP contribution in [0.15, 0.2) is 36.7 Å². The molecule has 0 aliphatic heterocycles. The number of nitrogens with one attached hydrogen (secondary N) is 1. The van der Waals surface area contributed by atoms with Gasteiger partial charge in [-0.1, -0.05) is 18.2 Å². The molecule has 0 saturated carbocycles. The molecular formula is C14H13N3O4. The van der Waals surface area contributed by atoms with Crippen LogP contribution in [-0.4, -0.2) is 34.1 Å². The van der Waals surface area contributed by atoms with Crippen LogP contribution in [0.4, 0.5) is 5.82 Å². The molecule has 0 atom stereocenters. The van der Waals surface area contributed by atoms with Crippen LogP contribution in [0, 0.1) is 0 Å². The number of aromatic nitrogens is 2. The highest BCUT2D eigenvalue weighted by atomic mass is 16.5. The molecule has 7 nitrogen and oxygen atoms in total. The Balaban J connectivity index is 2.14. The van der Waals surface area contributed by atoms with E-state index in [2.05, 4.69) is 15.3 Å². The fraction of sp³-hybridized carbons (Fsp3) is 0.143. The van der Waals surface area contributed by atoms with Crippen molar-refractivity contribution in [3.63, 3.8) is 0 Å². The summed E-state index contributed by atoms with van der Waals surface area (Å²) in [6, 6.07) is 7.09. The number of hydrogen-bond acceptors (Lipinski definition) is 5. The smallest absolute Gasteiger partial charge is 0.358 e. The third-order valence-electron chi connectivity index (χ3n) is 2.70. The first-order valence-corrected chi connectivity index (χ1v) is 6.08. The number of anilines is 1. The number of methoxy groups -OCH3 is 1. The van der Waals surface area contributed by atoms with E-state index >= 15 is 0 Å². The fourth-order valence-electron chi connectivity index (χ4n) is 1.78. The first-order valence-electron chi connectivity index (χ1n) is 6.08. The van der Waals surface area contributed by atoms with Crippen LogP contribution in [0.3, 0.4) is 0 Å². The maximum Gasteiger partial charge on any atom is 0.358 e. The first kappa shape index (κ1) is 14.4. The van der Waals surface area contributed by atoms with E-state index in [-0.39, 0.29) is 17.9 Å². The van der Waals surface area contributed by atoms with Gasteiger partial charge < -0.3 is 15.2 Å². The van der Waals surface area contributed by atoms with Gasteiger partial charge in [0.2, 0.25) is 5.91 Å². The molecule has 0 unspecified atom stereocenters. The zero-order chi connectivity index (χ0) is 15.2. The SMILES string of the molecule is COc1ccccc1CC(=O)Nc1nccnc1C(=O)O. The Morgan fingerprint density at radius 3 is 2.67 bits per heavy atom. The zero-order valence-corrected chi connectivity index (χ0v) is 11.2. The number of amides is 1. The molecule has 108 valence electrons. The standard InChI is InChI=1S/C14H13N3O4/c1-21-10-5-3-2-4-9(10)8-11(18)17-13-12(14(19)20)15-6-7-16-13/h2-7H,8H2,1H3,(H,19,20)(H,16,17,18). The normalized spacial score (nSPS) is 9.95. The van der Waals surface area contributed by atoms with Crippen LogP contribution >= 0.6 is 0 Å². The van der Waals surface area contributed by atoms with Gasteiger partial charge in [-0.05, 0) is 6.07 Å². The Morgan fingerprint density at radius 1 is 1.24 bits per heavy atom. The second-order valence-corrected chi connectivity index (χ2v) is 4.10. The molecule has 0 fully saturated rings. The van der Waals surface area contributed by atoms with Crippen LogP contribution in [0.5, 0.6) is 5.75 Å². The van der Waals surface area contributed by atoms with Crippen LogP contribution in [-0.2, 0) is 11.2 Å². The number of carboxylic acids is 1. The van der Waals surface area contributed by atoms with Crippen LogP contribution in [0.25, 0.3) is 0 Å². The molecule has 0 aliphatic carbocycles. The minimum atomic E-state index is -1.25. The van der Waals surface area contributed by atoms with Gasteiger partial charge in [-0.25, -0.2) is 14.8 Å². The third kappa shape index (κ3) is 3.53. The third-order valence-corrected chi connectivity index (χ3v) is 2.70. The molecule has 2 N–H and O–H groups in total. The van der Waals surface area contributed by atoms with Crippen LogP contribution < -0.4 is 10.1 Å². The monoisotopic (exact) mass is 287 g/mol. The number of carbonyl (C=O) groups excluding carboxylic acids is 1. The quantitative estimate of drug-likeness (QED) is 0.861. The van der Waals surface area contributed by atoms with Crippen molar-refractivity contribution < 1.29 is 19.4 Å². The van der Waals surface area contributed by atoms with Crippen molar-refractivity contribution in [3.8, 4) is 5.75 Å². The summed E-state index contributed by atoms with van der Waals surface area (Å²) in [5.41, 5.74) is 0.393. The number of carboxylic acid groups (broad SMARTS) is 1. The van der Waals surface area contributed by atoms with Crippen molar-refractivity contribution in [2.24, 2.45) is 0 Å². The van der Waals surface area contributed by atoms with Crippen LogP contribution in [0.1, 0.15) is 16.1 Å². The molecule has 1 amide bonds. The number of nitrogens with zero attached hydrogens (tertiary/aromatic N) is 2. The van der Waals surface area contributed by atoms with Crippen molar-refractivity contribution in [2.75, 3.05) is 12.4 Å². The van der Waals surface area contributed by atoms with Gasteiger partial charge in [-0.2, -0.15) is 0 Å². The average molecular weight is 287 g/mol. The topological polar surface area (TPSA) is 101 Å². The van der Waals surface area contributed by atoms with E-state index in [0.717, 1.165) is 0 Å². The number of rotatable bonds is 5. The van der Waals surface area contributed by atoms with E-state index in [4.69, 9.17) is 9.84 Å². The van der Waals surface area contributed by atoms with Gasteiger partial charge in [0, 0.05) is 18.0 Å². The molecule has 21 heavy (non-hydrogen) atoms. The Labute approximate surface area is 120 Å². The van der Waals surface area contributed by atoms with Crippen molar-refractivity contribution in [1.29, 1.82) is 0 Å². The molecule has 1 aromatic heterocycles. The lowest BCUT2D eigenvalue weighted by Crippen LogP contribution is -2.19. The summed E-state index contributed by atoms with van der Waals surface area (Å²) in [6.45, 7) is 0. The largest absolute Gasteiger partial charge is 0.496 e. The summed E-state index contributed by atoms with van der Waals surface area (Å²) in [4.78, 5) is 30.5. The lowest BCUT2D eigenvalue weighted by Gasteiger charge is -2.09. The average Bonchev–Trinajstić information content (AvgIpc) is 2.48. The summed E-state index contributed by atoms with van der Waals surface area (Å²) in [5, 5.41) is 11.4. The molecule has 2 aromatic rings. The summed E-state index contributed by atoms with van der Waals surface area (Å²) in [7, 11) is 1.52. The highest BCUT2D eigenvalue weighted by molar-refractivity contribution is 5.98. The number of aromatic carboxylic acids is 1. The molecule has 0 bridgehead atoms. The predicted molar refractivity (Wildman–Crippen MR) is 74.3 cm³/mol. The highest BCUT2D eigenvalue weighted by Crippen LogP contribution is 2.18. The van der Waals surface area contributed by atoms with Gasteiger partial charge in [0.1, 0.15) is 5.75 Å². The Kier molecular flexibility index (Phi) is 4.45. The fourth-order valence-corrected chi connectivity index (χ4v) is 1.78. The molecule has 2 rings (SSSR count). The Hall–Kier alpha value is -2.96. The lowest BCUT2D eigenvalue weighted by atomic mass is 10.1. The van der Waals surface area contributed by atoms with Crippen molar-refractivity contribution in [2.45, 2.75) is 6.42 Å². The maximum atomic E-state index is 12.0. The lowest BCUT2D eigenvalue weighted by molar-refractivity contribution is -0.115. The summed E-state index contributed by atoms with van der Waals surface area (Å²) >= 11 is 0. The Bertz CT molecular complexity index is 673. The second-order valence-electron chi connectivity index (χ2n) is 4.10. The Morgan fingerprint density at radius 2 is 1.95 bits per heavy atom. The number of ether oxygens (including phenoxy) is 1. The summed E-state index contributed by atoms with van der Waals surface area (Å²) in [6.07, 6.45) is 2.60. The summed E-state index contributed by atoms with van der Waals surface area (Å²) < 4.78 is 5.16. The van der Waals surface area contributed by atoms with E-state index < -0.39 is 11.9 Å². The van der Waals surface area contributed by atoms with Crippen molar-refractivity contribution >= 4 is 17.7 Å². The minimum Gasteiger partial charge on any atom is -0.496 e. The predicted octanol–water partition coefficient (Wildman–Crippen LogP) is 1.36. The van der Waals surface area contributed by atoms with Gasteiger partial charge in [-0.3, -0.25) is 4.79 Å². The van der Waals surface area contributed by atoms with Gasteiger partial charge in [-0.15, -0.1) is 0 Å². The number of hydrogen-bond donors (Lipinski definition) is 2. The van der Waals surface area contributed by atoms with E-state index in [1.165, 1.54) is 19.5 Å². The van der Waals surface area contributed by atoms with Gasteiger partial charge >= 0.3 is 5.97 Å². The van der Waals surface area contributed by atoms with E-state index in [9.17, 15) is 9.59 Å². The van der Waals surface area contributed by atoms with E-state index in [1.807, 2.05) is 0 Å².